The highest BCUT2D eigenvalue weighted by Gasteiger charge is 2.13. The summed E-state index contributed by atoms with van der Waals surface area (Å²) in [6.45, 7) is 3.63. The predicted molar refractivity (Wildman–Crippen MR) is 97.4 cm³/mol. The van der Waals surface area contributed by atoms with E-state index in [-0.39, 0.29) is 18.3 Å². The number of rotatable bonds is 4. The monoisotopic (exact) mass is 356 g/mol. The Labute approximate surface area is 149 Å². The van der Waals surface area contributed by atoms with E-state index in [1.807, 2.05) is 31.2 Å². The number of halogens is 1. The Bertz CT molecular complexity index is 993. The summed E-state index contributed by atoms with van der Waals surface area (Å²) < 4.78 is 15.6. The maximum Gasteiger partial charge on any atom is 0.244 e. The molecular weight excluding hydrogens is 339 g/mol. The van der Waals surface area contributed by atoms with Crippen LogP contribution in [0.15, 0.2) is 42.5 Å². The van der Waals surface area contributed by atoms with E-state index in [1.165, 1.54) is 6.07 Å². The van der Waals surface area contributed by atoms with Gasteiger partial charge in [-0.2, -0.15) is 5.10 Å². The summed E-state index contributed by atoms with van der Waals surface area (Å²) in [5.41, 5.74) is 2.87. The Kier molecular flexibility index (Phi) is 4.76. The number of anilines is 1. The second-order valence-electron chi connectivity index (χ2n) is 5.82. The molecule has 7 heteroatoms. The van der Waals surface area contributed by atoms with Gasteiger partial charge in [-0.25, -0.2) is 4.39 Å². The van der Waals surface area contributed by atoms with Crippen LogP contribution in [0.5, 0.6) is 0 Å². The third kappa shape index (κ3) is 3.83. The number of nitrogens with zero attached hydrogens (tertiary/aromatic N) is 2. The molecule has 0 unspecified atom stereocenters. The number of aromatic amines is 1. The van der Waals surface area contributed by atoms with Gasteiger partial charge in [-0.1, -0.05) is 29.8 Å². The summed E-state index contributed by atoms with van der Waals surface area (Å²) in [6.07, 6.45) is 0. The van der Waals surface area contributed by atoms with Gasteiger partial charge in [0.15, 0.2) is 10.6 Å². The highest BCUT2D eigenvalue weighted by molar-refractivity contribution is 7.71. The first-order valence-corrected chi connectivity index (χ1v) is 8.13. The quantitative estimate of drug-likeness (QED) is 0.695. The Hall–Kier alpha value is -2.80. The molecule has 1 amide bonds. The summed E-state index contributed by atoms with van der Waals surface area (Å²) >= 11 is 5.23. The maximum absolute atomic E-state index is 13.6. The standard InChI is InChI=1S/C18H17FN4OS/c1-11-4-3-5-13(8-11)17-21-22-18(25)23(17)10-16(24)20-14-7-6-12(2)15(19)9-14/h3-9H,10H2,1-2H3,(H,20,24)(H,22,25). The highest BCUT2D eigenvalue weighted by Crippen LogP contribution is 2.19. The number of amides is 1. The SMILES string of the molecule is Cc1cccc(-c2n[nH]c(=S)n2CC(=O)Nc2ccc(C)c(F)c2)c1. The number of hydrogen-bond acceptors (Lipinski definition) is 3. The molecule has 0 aliphatic rings. The molecule has 1 heterocycles. The topological polar surface area (TPSA) is 62.7 Å². The summed E-state index contributed by atoms with van der Waals surface area (Å²) in [5, 5.41) is 9.61. The van der Waals surface area contributed by atoms with Crippen molar-refractivity contribution in [3.63, 3.8) is 0 Å². The minimum atomic E-state index is -0.363. The molecule has 0 fully saturated rings. The zero-order valence-electron chi connectivity index (χ0n) is 13.8. The number of aryl methyl sites for hydroxylation is 2. The van der Waals surface area contributed by atoms with Crippen molar-refractivity contribution in [1.29, 1.82) is 0 Å². The van der Waals surface area contributed by atoms with Crippen LogP contribution >= 0.6 is 12.2 Å². The van der Waals surface area contributed by atoms with Gasteiger partial charge in [0.2, 0.25) is 5.91 Å². The average Bonchev–Trinajstić information content (AvgIpc) is 2.92. The van der Waals surface area contributed by atoms with Crippen molar-refractivity contribution in [2.24, 2.45) is 0 Å². The van der Waals surface area contributed by atoms with Gasteiger partial charge in [-0.05, 0) is 49.8 Å². The van der Waals surface area contributed by atoms with Gasteiger partial charge in [0, 0.05) is 11.3 Å². The fourth-order valence-electron chi connectivity index (χ4n) is 2.48. The fraction of sp³-hybridized carbons (Fsp3) is 0.167. The molecule has 0 saturated carbocycles. The summed E-state index contributed by atoms with van der Waals surface area (Å²) in [6, 6.07) is 12.3. The van der Waals surface area contributed by atoms with Crippen LogP contribution in [0.25, 0.3) is 11.4 Å². The second kappa shape index (κ2) is 6.98. The fourth-order valence-corrected chi connectivity index (χ4v) is 2.68. The third-order valence-electron chi connectivity index (χ3n) is 3.79. The molecular formula is C18H17FN4OS. The Balaban J connectivity index is 1.83. The van der Waals surface area contributed by atoms with Gasteiger partial charge in [-0.15, -0.1) is 0 Å². The van der Waals surface area contributed by atoms with E-state index in [9.17, 15) is 9.18 Å². The van der Waals surface area contributed by atoms with Crippen molar-refractivity contribution in [2.45, 2.75) is 20.4 Å². The lowest BCUT2D eigenvalue weighted by Gasteiger charge is -2.09. The molecule has 0 radical (unpaired) electrons. The number of carbonyl (C=O) groups excluding carboxylic acids is 1. The van der Waals surface area contributed by atoms with Gasteiger partial charge < -0.3 is 5.32 Å². The molecule has 5 nitrogen and oxygen atoms in total. The van der Waals surface area contributed by atoms with Crippen molar-refractivity contribution in [2.75, 3.05) is 5.32 Å². The largest absolute Gasteiger partial charge is 0.324 e. The minimum absolute atomic E-state index is 0.0197. The van der Waals surface area contributed by atoms with E-state index in [2.05, 4.69) is 15.5 Å². The predicted octanol–water partition coefficient (Wildman–Crippen LogP) is 4.00. The molecule has 128 valence electrons. The van der Waals surface area contributed by atoms with Crippen LogP contribution < -0.4 is 5.32 Å². The molecule has 0 aliphatic heterocycles. The van der Waals surface area contributed by atoms with Crippen LogP contribution in [0.4, 0.5) is 10.1 Å². The van der Waals surface area contributed by atoms with E-state index < -0.39 is 0 Å². The molecule has 0 saturated heterocycles. The Morgan fingerprint density at radius 1 is 1.28 bits per heavy atom. The molecule has 0 atom stereocenters. The first-order valence-electron chi connectivity index (χ1n) is 7.72. The molecule has 2 aromatic carbocycles. The Morgan fingerprint density at radius 2 is 2.08 bits per heavy atom. The van der Waals surface area contributed by atoms with Crippen molar-refractivity contribution < 1.29 is 9.18 Å². The van der Waals surface area contributed by atoms with Gasteiger partial charge >= 0.3 is 0 Å². The molecule has 0 spiro atoms. The number of hydrogen-bond donors (Lipinski definition) is 2. The minimum Gasteiger partial charge on any atom is -0.324 e. The zero-order valence-corrected chi connectivity index (χ0v) is 14.7. The number of H-pyrrole nitrogens is 1. The molecule has 3 rings (SSSR count). The number of carbonyl (C=O) groups is 1. The number of benzene rings is 2. The van der Waals surface area contributed by atoms with Crippen LogP contribution in [0.2, 0.25) is 0 Å². The maximum atomic E-state index is 13.6. The first kappa shape index (κ1) is 17.0. The first-order chi connectivity index (χ1) is 11.9. The number of aromatic nitrogens is 3. The normalized spacial score (nSPS) is 10.7. The molecule has 2 N–H and O–H groups in total. The lowest BCUT2D eigenvalue weighted by Crippen LogP contribution is -2.19. The number of nitrogens with one attached hydrogen (secondary N) is 2. The van der Waals surface area contributed by atoms with Gasteiger partial charge in [0.25, 0.3) is 0 Å². The van der Waals surface area contributed by atoms with Crippen molar-refractivity contribution in [3.05, 3.63) is 64.2 Å². The van der Waals surface area contributed by atoms with Crippen LogP contribution in [-0.4, -0.2) is 20.7 Å². The van der Waals surface area contributed by atoms with E-state index in [0.717, 1.165) is 11.1 Å². The molecule has 0 aliphatic carbocycles. The van der Waals surface area contributed by atoms with Crippen LogP contribution in [-0.2, 0) is 11.3 Å². The lowest BCUT2D eigenvalue weighted by atomic mass is 10.1. The highest BCUT2D eigenvalue weighted by atomic mass is 32.1. The van der Waals surface area contributed by atoms with Crippen molar-refractivity contribution in [3.8, 4) is 11.4 Å². The van der Waals surface area contributed by atoms with Gasteiger partial charge in [0.05, 0.1) is 0 Å². The molecule has 3 aromatic rings. The van der Waals surface area contributed by atoms with E-state index in [0.29, 0.717) is 21.8 Å². The summed E-state index contributed by atoms with van der Waals surface area (Å²) in [7, 11) is 0. The zero-order chi connectivity index (χ0) is 18.0. The van der Waals surface area contributed by atoms with Gasteiger partial charge in [-0.3, -0.25) is 14.5 Å². The van der Waals surface area contributed by atoms with Crippen LogP contribution in [0.3, 0.4) is 0 Å². The summed E-state index contributed by atoms with van der Waals surface area (Å²) in [4.78, 5) is 12.3. The van der Waals surface area contributed by atoms with Crippen LogP contribution in [0.1, 0.15) is 11.1 Å². The van der Waals surface area contributed by atoms with Crippen molar-refractivity contribution in [1.82, 2.24) is 14.8 Å². The average molecular weight is 356 g/mol. The van der Waals surface area contributed by atoms with E-state index >= 15 is 0 Å². The Morgan fingerprint density at radius 3 is 2.80 bits per heavy atom. The molecule has 0 bridgehead atoms. The van der Waals surface area contributed by atoms with Crippen molar-refractivity contribution >= 4 is 23.8 Å². The molecule has 25 heavy (non-hydrogen) atoms. The van der Waals surface area contributed by atoms with Gasteiger partial charge in [0.1, 0.15) is 12.4 Å². The lowest BCUT2D eigenvalue weighted by molar-refractivity contribution is -0.116. The van der Waals surface area contributed by atoms with Crippen LogP contribution in [0, 0.1) is 24.4 Å². The summed E-state index contributed by atoms with van der Waals surface area (Å²) in [5.74, 6) is -0.0910. The molecule has 1 aromatic heterocycles. The van der Waals surface area contributed by atoms with E-state index in [1.54, 1.807) is 23.6 Å². The second-order valence-corrected chi connectivity index (χ2v) is 6.21. The third-order valence-corrected chi connectivity index (χ3v) is 4.10. The smallest absolute Gasteiger partial charge is 0.244 e. The van der Waals surface area contributed by atoms with E-state index in [4.69, 9.17) is 12.2 Å².